The largest absolute Gasteiger partial charge is 0.458 e. The van der Waals surface area contributed by atoms with E-state index in [2.05, 4.69) is 27.7 Å². The highest BCUT2D eigenvalue weighted by molar-refractivity contribution is 5.78. The van der Waals surface area contributed by atoms with Crippen LogP contribution in [0.5, 0.6) is 0 Å². The summed E-state index contributed by atoms with van der Waals surface area (Å²) in [6, 6.07) is 0. The first-order valence-corrected chi connectivity index (χ1v) is 8.10. The van der Waals surface area contributed by atoms with Gasteiger partial charge in [-0.15, -0.1) is 0 Å². The molecule has 7 unspecified atom stereocenters. The molecule has 118 valence electrons. The van der Waals surface area contributed by atoms with Crippen LogP contribution in [0, 0.1) is 35.0 Å². The van der Waals surface area contributed by atoms with Crippen molar-refractivity contribution < 1.29 is 19.1 Å². The van der Waals surface area contributed by atoms with Crippen LogP contribution in [0.15, 0.2) is 0 Å². The highest BCUT2D eigenvalue weighted by atomic mass is 16.6. The van der Waals surface area contributed by atoms with Gasteiger partial charge in [0, 0.05) is 11.8 Å². The van der Waals surface area contributed by atoms with Gasteiger partial charge in [0.25, 0.3) is 0 Å². The second-order valence-electron chi connectivity index (χ2n) is 8.42. The van der Waals surface area contributed by atoms with Crippen LogP contribution in [-0.2, 0) is 19.1 Å². The third kappa shape index (κ3) is 2.36. The molecule has 0 aromatic heterocycles. The second-order valence-corrected chi connectivity index (χ2v) is 8.42. The van der Waals surface area contributed by atoms with Crippen LogP contribution in [0.4, 0.5) is 0 Å². The Bertz CT molecular complexity index is 464. The van der Waals surface area contributed by atoms with E-state index in [-0.39, 0.29) is 53.2 Å². The molecule has 0 amide bonds. The zero-order valence-corrected chi connectivity index (χ0v) is 13.6. The number of carbonyl (C=O) groups excluding carboxylic acids is 2. The molecule has 2 bridgehead atoms. The van der Waals surface area contributed by atoms with E-state index in [0.717, 1.165) is 12.8 Å². The molecule has 1 saturated heterocycles. The van der Waals surface area contributed by atoms with Crippen molar-refractivity contribution >= 4 is 11.9 Å². The first kappa shape index (κ1) is 14.9. The van der Waals surface area contributed by atoms with E-state index >= 15 is 0 Å². The van der Waals surface area contributed by atoms with E-state index in [1.54, 1.807) is 0 Å². The van der Waals surface area contributed by atoms with E-state index in [1.807, 2.05) is 6.92 Å². The lowest BCUT2D eigenvalue weighted by molar-refractivity contribution is -0.166. The Labute approximate surface area is 126 Å². The number of fused-ring (bicyclic) bond motifs is 1. The summed E-state index contributed by atoms with van der Waals surface area (Å²) < 4.78 is 11.3. The summed E-state index contributed by atoms with van der Waals surface area (Å²) in [5.74, 6) is 0.539. The lowest BCUT2D eigenvalue weighted by atomic mass is 9.79. The average Bonchev–Trinajstić information content (AvgIpc) is 2.91. The summed E-state index contributed by atoms with van der Waals surface area (Å²) in [5, 5.41) is 0. The Kier molecular flexibility index (Phi) is 3.34. The fourth-order valence-corrected chi connectivity index (χ4v) is 4.75. The molecule has 0 radical (unpaired) electrons. The molecule has 0 aromatic carbocycles. The second kappa shape index (κ2) is 4.72. The van der Waals surface area contributed by atoms with Crippen LogP contribution in [0.2, 0.25) is 0 Å². The van der Waals surface area contributed by atoms with E-state index in [1.165, 1.54) is 0 Å². The monoisotopic (exact) mass is 294 g/mol. The third-order valence-corrected chi connectivity index (χ3v) is 5.51. The first-order valence-electron chi connectivity index (χ1n) is 8.10. The molecular formula is C17H26O4. The number of carbonyl (C=O) groups is 2. The first-order chi connectivity index (χ1) is 9.69. The smallest absolute Gasteiger partial charge is 0.310 e. The molecule has 0 spiro atoms. The van der Waals surface area contributed by atoms with Crippen molar-refractivity contribution in [3.05, 3.63) is 0 Å². The fourth-order valence-electron chi connectivity index (χ4n) is 4.75. The molecule has 4 heteroatoms. The molecule has 2 aliphatic carbocycles. The molecule has 3 aliphatic rings. The van der Waals surface area contributed by atoms with Crippen molar-refractivity contribution in [2.75, 3.05) is 0 Å². The Balaban J connectivity index is 1.67. The topological polar surface area (TPSA) is 52.6 Å². The normalized spacial score (nSPS) is 42.0. The summed E-state index contributed by atoms with van der Waals surface area (Å²) in [5.41, 5.74) is 0.103. The molecule has 2 saturated carbocycles. The number of hydrogen-bond acceptors (Lipinski definition) is 4. The van der Waals surface area contributed by atoms with Gasteiger partial charge in [-0.1, -0.05) is 34.6 Å². The van der Waals surface area contributed by atoms with E-state index < -0.39 is 0 Å². The van der Waals surface area contributed by atoms with Crippen LogP contribution < -0.4 is 0 Å². The molecule has 0 N–H and O–H groups in total. The standard InChI is InChI=1S/C17H26O4/c1-8(7-17(3,4)5)15(18)20-13-10-6-11-12(9(10)2)16(19)21-14(11)13/h8-14H,6-7H2,1-5H3. The number of rotatable bonds is 3. The van der Waals surface area contributed by atoms with Crippen LogP contribution in [-0.4, -0.2) is 24.1 Å². The molecule has 21 heavy (non-hydrogen) atoms. The lowest BCUT2D eigenvalue weighted by Crippen LogP contribution is -2.40. The summed E-state index contributed by atoms with van der Waals surface area (Å²) in [7, 11) is 0. The van der Waals surface area contributed by atoms with Gasteiger partial charge in [0.05, 0.1) is 11.8 Å². The molecule has 3 rings (SSSR count). The van der Waals surface area contributed by atoms with Crippen LogP contribution >= 0.6 is 0 Å². The van der Waals surface area contributed by atoms with E-state index in [0.29, 0.717) is 5.92 Å². The third-order valence-electron chi connectivity index (χ3n) is 5.51. The van der Waals surface area contributed by atoms with Crippen molar-refractivity contribution in [2.45, 2.75) is 59.7 Å². The molecule has 4 nitrogen and oxygen atoms in total. The van der Waals surface area contributed by atoms with E-state index in [4.69, 9.17) is 9.47 Å². The molecule has 0 aromatic rings. The zero-order valence-electron chi connectivity index (χ0n) is 13.6. The minimum absolute atomic E-state index is 0.0435. The highest BCUT2D eigenvalue weighted by Crippen LogP contribution is 2.58. The maximum absolute atomic E-state index is 12.4. The number of hydrogen-bond donors (Lipinski definition) is 0. The Hall–Kier alpha value is -1.06. The van der Waals surface area contributed by atoms with Crippen LogP contribution in [0.1, 0.15) is 47.5 Å². The lowest BCUT2D eigenvalue weighted by Gasteiger charge is -2.31. The van der Waals surface area contributed by atoms with Gasteiger partial charge >= 0.3 is 11.9 Å². The summed E-state index contributed by atoms with van der Waals surface area (Å²) in [6.45, 7) is 10.4. The summed E-state index contributed by atoms with van der Waals surface area (Å²) >= 11 is 0. The van der Waals surface area contributed by atoms with Gasteiger partial charge in [0.1, 0.15) is 12.2 Å². The van der Waals surface area contributed by atoms with Gasteiger partial charge in [-0.2, -0.15) is 0 Å². The maximum Gasteiger partial charge on any atom is 0.310 e. The maximum atomic E-state index is 12.4. The van der Waals surface area contributed by atoms with Gasteiger partial charge in [-0.05, 0) is 24.2 Å². The molecular weight excluding hydrogens is 268 g/mol. The van der Waals surface area contributed by atoms with Crippen LogP contribution in [0.25, 0.3) is 0 Å². The Morgan fingerprint density at radius 1 is 1.38 bits per heavy atom. The van der Waals surface area contributed by atoms with Crippen molar-refractivity contribution in [3.8, 4) is 0 Å². The minimum Gasteiger partial charge on any atom is -0.458 e. The predicted octanol–water partition coefficient (Wildman–Crippen LogP) is 2.80. The summed E-state index contributed by atoms with van der Waals surface area (Å²) in [4.78, 5) is 24.2. The summed E-state index contributed by atoms with van der Waals surface area (Å²) in [6.07, 6.45) is 1.36. The van der Waals surface area contributed by atoms with Gasteiger partial charge < -0.3 is 9.47 Å². The quantitative estimate of drug-likeness (QED) is 0.751. The van der Waals surface area contributed by atoms with E-state index in [9.17, 15) is 9.59 Å². The van der Waals surface area contributed by atoms with Crippen molar-refractivity contribution in [1.82, 2.24) is 0 Å². The molecule has 3 fully saturated rings. The van der Waals surface area contributed by atoms with Crippen molar-refractivity contribution in [1.29, 1.82) is 0 Å². The molecule has 1 aliphatic heterocycles. The fraction of sp³-hybridized carbons (Fsp3) is 0.882. The predicted molar refractivity (Wildman–Crippen MR) is 77.2 cm³/mol. The van der Waals surface area contributed by atoms with Gasteiger partial charge in [-0.3, -0.25) is 9.59 Å². The zero-order chi connectivity index (χ0) is 15.5. The van der Waals surface area contributed by atoms with Gasteiger partial charge in [0.15, 0.2) is 0 Å². The van der Waals surface area contributed by atoms with Crippen LogP contribution in [0.3, 0.4) is 0 Å². The van der Waals surface area contributed by atoms with Gasteiger partial charge in [-0.25, -0.2) is 0 Å². The number of esters is 2. The van der Waals surface area contributed by atoms with Crippen molar-refractivity contribution in [2.24, 2.45) is 35.0 Å². The average molecular weight is 294 g/mol. The number of ether oxygens (including phenoxy) is 2. The highest BCUT2D eigenvalue weighted by Gasteiger charge is 2.66. The molecule has 1 heterocycles. The minimum atomic E-state index is -0.220. The van der Waals surface area contributed by atoms with Crippen molar-refractivity contribution in [3.63, 3.8) is 0 Å². The molecule has 7 atom stereocenters. The van der Waals surface area contributed by atoms with Gasteiger partial charge in [0.2, 0.25) is 0 Å². The SMILES string of the molecule is CC(CC(C)(C)C)C(=O)OC1C2CC3C1OC(=O)C3C2C. The Morgan fingerprint density at radius 3 is 2.67 bits per heavy atom. The Morgan fingerprint density at radius 2 is 2.05 bits per heavy atom.